The van der Waals surface area contributed by atoms with Gasteiger partial charge in [0.2, 0.25) is 0 Å². The van der Waals surface area contributed by atoms with Gasteiger partial charge in [0.05, 0.1) is 11.8 Å². The maximum absolute atomic E-state index is 12.1. The Balaban J connectivity index is 1.63. The average Bonchev–Trinajstić information content (AvgIpc) is 3.16. The van der Waals surface area contributed by atoms with Gasteiger partial charge in [-0.15, -0.1) is 0 Å². The Labute approximate surface area is 139 Å². The summed E-state index contributed by atoms with van der Waals surface area (Å²) in [7, 11) is 0. The van der Waals surface area contributed by atoms with Gasteiger partial charge in [-0.25, -0.2) is 9.97 Å². The van der Waals surface area contributed by atoms with Crippen molar-refractivity contribution in [2.45, 2.75) is 19.3 Å². The van der Waals surface area contributed by atoms with Crippen LogP contribution in [0.3, 0.4) is 0 Å². The molecular weight excluding hydrogens is 304 g/mol. The topological polar surface area (TPSA) is 71.3 Å². The third-order valence-corrected chi connectivity index (χ3v) is 4.27. The minimum absolute atomic E-state index is 0.273. The lowest BCUT2D eigenvalue weighted by Crippen LogP contribution is -2.30. The number of aromatic nitrogens is 2. The van der Waals surface area contributed by atoms with Crippen LogP contribution in [0.2, 0.25) is 0 Å². The molecule has 3 aromatic rings. The van der Waals surface area contributed by atoms with Gasteiger partial charge in [-0.3, -0.25) is 4.79 Å². The SMILES string of the molecule is O=C(Nc1ccc2c(N3CCCCC3)ncnc2c1)c1ccco1. The number of hydrogen-bond donors (Lipinski definition) is 1. The second-order valence-corrected chi connectivity index (χ2v) is 5.91. The van der Waals surface area contributed by atoms with Gasteiger partial charge in [0.25, 0.3) is 5.91 Å². The number of fused-ring (bicyclic) bond motifs is 1. The second kappa shape index (κ2) is 6.31. The minimum atomic E-state index is -0.273. The van der Waals surface area contributed by atoms with Crippen LogP contribution in [-0.4, -0.2) is 29.0 Å². The van der Waals surface area contributed by atoms with Crippen LogP contribution >= 0.6 is 0 Å². The number of carbonyl (C=O) groups is 1. The maximum Gasteiger partial charge on any atom is 0.291 e. The van der Waals surface area contributed by atoms with Crippen molar-refractivity contribution in [1.82, 2.24) is 9.97 Å². The molecule has 4 rings (SSSR count). The molecule has 1 aromatic carbocycles. The summed E-state index contributed by atoms with van der Waals surface area (Å²) in [6, 6.07) is 9.03. The van der Waals surface area contributed by atoms with Crippen LogP contribution in [0.5, 0.6) is 0 Å². The molecule has 6 nitrogen and oxygen atoms in total. The van der Waals surface area contributed by atoms with E-state index >= 15 is 0 Å². The zero-order valence-corrected chi connectivity index (χ0v) is 13.2. The first-order valence-corrected chi connectivity index (χ1v) is 8.16. The van der Waals surface area contributed by atoms with E-state index in [9.17, 15) is 4.79 Å². The molecule has 0 spiro atoms. The summed E-state index contributed by atoms with van der Waals surface area (Å²) in [5, 5.41) is 3.84. The summed E-state index contributed by atoms with van der Waals surface area (Å²) in [5.74, 6) is 0.986. The molecule has 1 aliphatic heterocycles. The summed E-state index contributed by atoms with van der Waals surface area (Å²) in [4.78, 5) is 23.2. The molecule has 0 aliphatic carbocycles. The molecule has 1 fully saturated rings. The number of amides is 1. The molecule has 0 atom stereocenters. The molecule has 2 aromatic heterocycles. The van der Waals surface area contributed by atoms with Crippen molar-refractivity contribution in [3.8, 4) is 0 Å². The highest BCUT2D eigenvalue weighted by molar-refractivity contribution is 6.03. The molecular formula is C18H18N4O2. The van der Waals surface area contributed by atoms with E-state index in [0.29, 0.717) is 5.69 Å². The number of nitrogens with one attached hydrogen (secondary N) is 1. The number of anilines is 2. The number of nitrogens with zero attached hydrogens (tertiary/aromatic N) is 3. The molecule has 6 heteroatoms. The fourth-order valence-corrected chi connectivity index (χ4v) is 3.08. The Morgan fingerprint density at radius 1 is 1.12 bits per heavy atom. The second-order valence-electron chi connectivity index (χ2n) is 5.91. The Morgan fingerprint density at radius 3 is 2.79 bits per heavy atom. The lowest BCUT2D eigenvalue weighted by molar-refractivity contribution is 0.0996. The number of piperidine rings is 1. The smallest absolute Gasteiger partial charge is 0.291 e. The number of carbonyl (C=O) groups excluding carboxylic acids is 1. The van der Waals surface area contributed by atoms with Crippen molar-refractivity contribution < 1.29 is 9.21 Å². The molecule has 24 heavy (non-hydrogen) atoms. The van der Waals surface area contributed by atoms with Crippen LogP contribution in [0, 0.1) is 0 Å². The molecule has 1 N–H and O–H groups in total. The Bertz CT molecular complexity index is 855. The predicted molar refractivity (Wildman–Crippen MR) is 92.3 cm³/mol. The minimum Gasteiger partial charge on any atom is -0.459 e. The maximum atomic E-state index is 12.1. The molecule has 1 saturated heterocycles. The van der Waals surface area contributed by atoms with Gasteiger partial charge in [-0.05, 0) is 49.6 Å². The van der Waals surface area contributed by atoms with Crippen molar-refractivity contribution in [1.29, 1.82) is 0 Å². The third kappa shape index (κ3) is 2.82. The van der Waals surface area contributed by atoms with Crippen LogP contribution in [0.25, 0.3) is 10.9 Å². The fraction of sp³-hybridized carbons (Fsp3) is 0.278. The van der Waals surface area contributed by atoms with Gasteiger partial charge in [0.1, 0.15) is 12.1 Å². The van der Waals surface area contributed by atoms with E-state index in [-0.39, 0.29) is 11.7 Å². The quantitative estimate of drug-likeness (QED) is 0.799. The normalized spacial score (nSPS) is 14.8. The van der Waals surface area contributed by atoms with E-state index in [1.807, 2.05) is 18.2 Å². The molecule has 122 valence electrons. The monoisotopic (exact) mass is 322 g/mol. The first-order valence-electron chi connectivity index (χ1n) is 8.16. The average molecular weight is 322 g/mol. The zero-order valence-electron chi connectivity index (χ0n) is 13.2. The molecule has 0 bridgehead atoms. The Hall–Kier alpha value is -2.89. The summed E-state index contributed by atoms with van der Waals surface area (Å²) in [6.45, 7) is 2.06. The number of rotatable bonds is 3. The third-order valence-electron chi connectivity index (χ3n) is 4.27. The van der Waals surface area contributed by atoms with Crippen LogP contribution in [0.4, 0.5) is 11.5 Å². The molecule has 1 aliphatic rings. The van der Waals surface area contributed by atoms with E-state index in [2.05, 4.69) is 20.2 Å². The zero-order chi connectivity index (χ0) is 16.4. The summed E-state index contributed by atoms with van der Waals surface area (Å²) in [6.07, 6.45) is 6.74. The van der Waals surface area contributed by atoms with Gasteiger partial charge < -0.3 is 14.6 Å². The lowest BCUT2D eigenvalue weighted by Gasteiger charge is -2.28. The van der Waals surface area contributed by atoms with E-state index in [0.717, 1.165) is 29.8 Å². The van der Waals surface area contributed by atoms with Crippen LogP contribution in [-0.2, 0) is 0 Å². The summed E-state index contributed by atoms with van der Waals surface area (Å²) in [5.41, 5.74) is 1.51. The van der Waals surface area contributed by atoms with E-state index in [1.54, 1.807) is 18.5 Å². The van der Waals surface area contributed by atoms with Crippen LogP contribution < -0.4 is 10.2 Å². The summed E-state index contributed by atoms with van der Waals surface area (Å²) >= 11 is 0. The molecule has 3 heterocycles. The van der Waals surface area contributed by atoms with Crippen molar-refractivity contribution in [2.24, 2.45) is 0 Å². The number of benzene rings is 1. The first kappa shape index (κ1) is 14.7. The van der Waals surface area contributed by atoms with Gasteiger partial charge in [0.15, 0.2) is 5.76 Å². The molecule has 0 saturated carbocycles. The van der Waals surface area contributed by atoms with E-state index in [1.165, 1.54) is 25.5 Å². The lowest BCUT2D eigenvalue weighted by atomic mass is 10.1. The van der Waals surface area contributed by atoms with Crippen molar-refractivity contribution in [3.05, 3.63) is 48.7 Å². The summed E-state index contributed by atoms with van der Waals surface area (Å²) < 4.78 is 5.11. The fourth-order valence-electron chi connectivity index (χ4n) is 3.08. The van der Waals surface area contributed by atoms with Crippen LogP contribution in [0.1, 0.15) is 29.8 Å². The number of furan rings is 1. The predicted octanol–water partition coefficient (Wildman–Crippen LogP) is 3.47. The van der Waals surface area contributed by atoms with Crippen molar-refractivity contribution in [3.63, 3.8) is 0 Å². The Morgan fingerprint density at radius 2 is 2.00 bits per heavy atom. The standard InChI is InChI=1S/C18H18N4O2/c23-18(16-5-4-10-24-16)21-13-6-7-14-15(11-13)19-12-20-17(14)22-8-2-1-3-9-22/h4-7,10-12H,1-3,8-9H2,(H,21,23). The van der Waals surface area contributed by atoms with Gasteiger partial charge >= 0.3 is 0 Å². The largest absolute Gasteiger partial charge is 0.459 e. The van der Waals surface area contributed by atoms with Gasteiger partial charge in [-0.1, -0.05) is 0 Å². The van der Waals surface area contributed by atoms with Gasteiger partial charge in [-0.2, -0.15) is 0 Å². The highest BCUT2D eigenvalue weighted by atomic mass is 16.3. The van der Waals surface area contributed by atoms with E-state index in [4.69, 9.17) is 4.42 Å². The van der Waals surface area contributed by atoms with Crippen molar-refractivity contribution >= 4 is 28.3 Å². The molecule has 0 unspecified atom stereocenters. The Kier molecular flexibility index (Phi) is 3.86. The van der Waals surface area contributed by atoms with Crippen LogP contribution in [0.15, 0.2) is 47.3 Å². The molecule has 1 amide bonds. The number of hydrogen-bond acceptors (Lipinski definition) is 5. The van der Waals surface area contributed by atoms with E-state index < -0.39 is 0 Å². The molecule has 0 radical (unpaired) electrons. The first-order chi connectivity index (χ1) is 11.8. The highest BCUT2D eigenvalue weighted by Gasteiger charge is 2.16. The van der Waals surface area contributed by atoms with Gasteiger partial charge in [0, 0.05) is 24.2 Å². The van der Waals surface area contributed by atoms with Crippen molar-refractivity contribution in [2.75, 3.05) is 23.3 Å². The highest BCUT2D eigenvalue weighted by Crippen LogP contribution is 2.27.